The Kier molecular flexibility index (Phi) is 12.4. The van der Waals surface area contributed by atoms with Gasteiger partial charge in [0.25, 0.3) is 5.69 Å². The molecule has 0 aromatic heterocycles. The zero-order valence-electron chi connectivity index (χ0n) is 31.1. The van der Waals surface area contributed by atoms with Gasteiger partial charge < -0.3 is 28.8 Å². The second-order valence-corrected chi connectivity index (χ2v) is 14.4. The quantitative estimate of drug-likeness (QED) is 0.113. The Bertz CT molecular complexity index is 1920. The van der Waals surface area contributed by atoms with Crippen LogP contribution < -0.4 is 0 Å². The van der Waals surface area contributed by atoms with Crippen LogP contribution in [0.25, 0.3) is 0 Å². The Labute approximate surface area is 324 Å². The van der Waals surface area contributed by atoms with Crippen LogP contribution in [0.4, 0.5) is 22.7 Å². The molecule has 2 bridgehead atoms. The molecule has 7 rings (SSSR count). The van der Waals surface area contributed by atoms with E-state index >= 15 is 0 Å². The van der Waals surface area contributed by atoms with Crippen molar-refractivity contribution in [3.63, 3.8) is 0 Å². The van der Waals surface area contributed by atoms with Gasteiger partial charge in [0.2, 0.25) is 0 Å². The first-order valence-corrected chi connectivity index (χ1v) is 19.2. The number of rotatable bonds is 6. The first-order chi connectivity index (χ1) is 27.3. The molecule has 14 heteroatoms. The molecule has 4 aromatic rings. The van der Waals surface area contributed by atoms with Crippen LogP contribution in [0.5, 0.6) is 5.75 Å². The van der Waals surface area contributed by atoms with Crippen molar-refractivity contribution in [3.8, 4) is 5.75 Å². The van der Waals surface area contributed by atoms with Gasteiger partial charge in [0.1, 0.15) is 17.0 Å². The summed E-state index contributed by atoms with van der Waals surface area (Å²) in [5, 5.41) is 43.5. The van der Waals surface area contributed by atoms with Crippen molar-refractivity contribution in [2.45, 2.75) is 88.0 Å². The van der Waals surface area contributed by atoms with E-state index in [4.69, 9.17) is 23.7 Å². The summed E-state index contributed by atoms with van der Waals surface area (Å²) < 4.78 is 33.1. The number of nitrogens with zero attached hydrogens (tertiary/aromatic N) is 4. The molecule has 3 aliphatic rings. The lowest BCUT2D eigenvalue weighted by molar-refractivity contribution is -0.393. The normalized spacial score (nSPS) is 25.3. The van der Waals surface area contributed by atoms with Crippen molar-refractivity contribution >= 4 is 22.7 Å². The SMILES string of the molecule is O=[N+]([O-])c1ccc(N=Nc2cc3c(O)c(c2)CO[C@H]2CCCC[C@@]2(c2ccccc2)OCCOCCO[C@]2(c4ccccc4)CCCC[C@@H]2OC3)c([N+](=O)[O-])c1. The zero-order valence-corrected chi connectivity index (χ0v) is 31.1. The highest BCUT2D eigenvalue weighted by molar-refractivity contribution is 5.62. The number of hydrogen-bond donors (Lipinski definition) is 1. The van der Waals surface area contributed by atoms with Crippen LogP contribution in [-0.4, -0.2) is 53.6 Å². The van der Waals surface area contributed by atoms with E-state index in [0.717, 1.165) is 74.6 Å². The number of phenolic OH excluding ortho intramolecular Hbond substituents is 1. The van der Waals surface area contributed by atoms with Gasteiger partial charge in [-0.25, -0.2) is 0 Å². The molecule has 2 saturated carbocycles. The van der Waals surface area contributed by atoms with Gasteiger partial charge in [0.05, 0.1) is 73.4 Å². The molecule has 294 valence electrons. The number of phenols is 1. The van der Waals surface area contributed by atoms with Crippen LogP contribution in [0, 0.1) is 20.2 Å². The van der Waals surface area contributed by atoms with Crippen molar-refractivity contribution in [2.75, 3.05) is 26.4 Å². The van der Waals surface area contributed by atoms with E-state index in [0.29, 0.717) is 37.6 Å². The number of nitro benzene ring substituents is 2. The van der Waals surface area contributed by atoms with Gasteiger partial charge in [0, 0.05) is 17.2 Å². The Balaban J connectivity index is 1.28. The molecule has 0 amide bonds. The molecule has 4 atom stereocenters. The highest BCUT2D eigenvalue weighted by atomic mass is 16.6. The van der Waals surface area contributed by atoms with Crippen molar-refractivity contribution in [2.24, 2.45) is 10.2 Å². The third-order valence-corrected chi connectivity index (χ3v) is 11.0. The molecule has 1 N–H and O–H groups in total. The molecule has 2 fully saturated rings. The van der Waals surface area contributed by atoms with Crippen LogP contribution in [0.1, 0.15) is 73.6 Å². The number of benzene rings is 4. The van der Waals surface area contributed by atoms with Crippen LogP contribution in [0.15, 0.2) is 101 Å². The second kappa shape index (κ2) is 17.8. The summed E-state index contributed by atoms with van der Waals surface area (Å²) in [6.07, 6.45) is 5.98. The van der Waals surface area contributed by atoms with Crippen LogP contribution in [0.2, 0.25) is 0 Å². The molecule has 4 aromatic carbocycles. The van der Waals surface area contributed by atoms with Crippen molar-refractivity contribution in [3.05, 3.63) is 133 Å². The number of non-ortho nitro benzene ring substituents is 1. The molecule has 0 unspecified atom stereocenters. The molecule has 56 heavy (non-hydrogen) atoms. The Morgan fingerprint density at radius 1 is 0.643 bits per heavy atom. The molecule has 1 aliphatic heterocycles. The maximum absolute atomic E-state index is 11.8. The number of nitro groups is 2. The summed E-state index contributed by atoms with van der Waals surface area (Å²) in [5.41, 5.74) is 0.453. The van der Waals surface area contributed by atoms with E-state index < -0.39 is 32.4 Å². The standard InChI is InChI=1S/C42H46N4O10/c47-40-30-25-34(43-44-36-18-17-35(45(48)49)27-37(36)46(50)51)26-31(40)29-54-39-16-8-10-20-42(39,33-13-5-2-6-14-33)56-24-22-52-21-23-55-41(32-11-3-1-4-12-32)19-9-7-15-38(41)53-28-30/h1-6,11-14,17-18,25-27,38-39,47H,7-10,15-16,19-24,28-29H2/t38-,39-,41-,42-/m0/s1. The average molecular weight is 767 g/mol. The molecule has 0 spiro atoms. The van der Waals surface area contributed by atoms with Crippen LogP contribution >= 0.6 is 0 Å². The summed E-state index contributed by atoms with van der Waals surface area (Å²) in [6.45, 7) is 1.41. The number of hydrogen-bond acceptors (Lipinski definition) is 12. The average Bonchev–Trinajstić information content (AvgIpc) is 3.22. The van der Waals surface area contributed by atoms with E-state index in [1.54, 1.807) is 12.1 Å². The van der Waals surface area contributed by atoms with Gasteiger partial charge >= 0.3 is 5.69 Å². The summed E-state index contributed by atoms with van der Waals surface area (Å²) >= 11 is 0. The first kappa shape index (κ1) is 39.1. The number of ether oxygens (including phenoxy) is 5. The lowest BCUT2D eigenvalue weighted by Gasteiger charge is -2.44. The summed E-state index contributed by atoms with van der Waals surface area (Å²) in [7, 11) is 0. The third kappa shape index (κ3) is 8.49. The minimum Gasteiger partial charge on any atom is -0.507 e. The predicted octanol–water partition coefficient (Wildman–Crippen LogP) is 9.40. The van der Waals surface area contributed by atoms with Crippen LogP contribution in [-0.2, 0) is 48.1 Å². The lowest BCUT2D eigenvalue weighted by atomic mass is 9.77. The summed E-state index contributed by atoms with van der Waals surface area (Å²) in [5.74, 6) is -0.0242. The number of fused-ring (bicyclic) bond motifs is 4. The summed E-state index contributed by atoms with van der Waals surface area (Å²) in [4.78, 5) is 21.7. The van der Waals surface area contributed by atoms with Crippen LogP contribution in [0.3, 0.4) is 0 Å². The molecular formula is C42H46N4O10. The van der Waals surface area contributed by atoms with Gasteiger partial charge in [-0.15, -0.1) is 5.11 Å². The molecule has 0 radical (unpaired) electrons. The van der Waals surface area contributed by atoms with Crippen molar-refractivity contribution < 1.29 is 38.6 Å². The molecule has 14 nitrogen and oxygen atoms in total. The third-order valence-electron chi connectivity index (χ3n) is 11.0. The van der Waals surface area contributed by atoms with Crippen molar-refractivity contribution in [1.29, 1.82) is 0 Å². The van der Waals surface area contributed by atoms with Gasteiger partial charge in [0.15, 0.2) is 5.69 Å². The zero-order chi connectivity index (χ0) is 39.0. The Morgan fingerprint density at radius 2 is 1.18 bits per heavy atom. The Hall–Kier alpha value is -5.12. The smallest absolute Gasteiger partial charge is 0.303 e. The molecule has 0 saturated heterocycles. The monoisotopic (exact) mass is 766 g/mol. The molecule has 2 aliphatic carbocycles. The maximum atomic E-state index is 11.8. The van der Waals surface area contributed by atoms with Gasteiger partial charge in [-0.1, -0.05) is 86.3 Å². The lowest BCUT2D eigenvalue weighted by Crippen LogP contribution is -2.47. The van der Waals surface area contributed by atoms with Gasteiger partial charge in [-0.2, -0.15) is 5.11 Å². The fraction of sp³-hybridized carbons (Fsp3) is 0.429. The highest BCUT2D eigenvalue weighted by Crippen LogP contribution is 2.45. The fourth-order valence-electron chi connectivity index (χ4n) is 8.29. The van der Waals surface area contributed by atoms with Gasteiger partial charge in [-0.3, -0.25) is 20.2 Å². The highest BCUT2D eigenvalue weighted by Gasteiger charge is 2.46. The van der Waals surface area contributed by atoms with E-state index in [2.05, 4.69) is 34.5 Å². The molecular weight excluding hydrogens is 720 g/mol. The second-order valence-electron chi connectivity index (χ2n) is 14.4. The predicted molar refractivity (Wildman–Crippen MR) is 205 cm³/mol. The summed E-state index contributed by atoms with van der Waals surface area (Å²) in [6, 6.07) is 26.5. The Morgan fingerprint density at radius 3 is 1.68 bits per heavy atom. The maximum Gasteiger partial charge on any atom is 0.303 e. The van der Waals surface area contributed by atoms with E-state index in [1.165, 1.54) is 6.07 Å². The number of azo groups is 1. The minimum absolute atomic E-state index is 0.000520. The van der Waals surface area contributed by atoms with E-state index in [1.807, 2.05) is 36.4 Å². The molecule has 1 heterocycles. The topological polar surface area (TPSA) is 177 Å². The largest absolute Gasteiger partial charge is 0.507 e. The first-order valence-electron chi connectivity index (χ1n) is 19.2. The van der Waals surface area contributed by atoms with Gasteiger partial charge in [-0.05, 0) is 55.0 Å². The van der Waals surface area contributed by atoms with Crippen molar-refractivity contribution in [1.82, 2.24) is 0 Å². The van der Waals surface area contributed by atoms with E-state index in [-0.39, 0.29) is 42.5 Å². The van der Waals surface area contributed by atoms with E-state index in [9.17, 15) is 25.3 Å². The fourth-order valence-corrected chi connectivity index (χ4v) is 8.29. The number of aromatic hydroxyl groups is 1. The minimum atomic E-state index is -0.759.